The number of amides is 2. The smallest absolute Gasteiger partial charge is 0.264 e. The highest BCUT2D eigenvalue weighted by Gasteiger charge is 2.33. The summed E-state index contributed by atoms with van der Waals surface area (Å²) in [7, 11) is -4.08. The number of sulfonamides is 1. The molecule has 1 atom stereocenters. The Labute approximate surface area is 239 Å². The molecular weight excluding hydrogens is 522 g/mol. The minimum absolute atomic E-state index is 0.0907. The van der Waals surface area contributed by atoms with E-state index in [4.69, 9.17) is 0 Å². The van der Waals surface area contributed by atoms with Crippen LogP contribution in [0.4, 0.5) is 5.69 Å². The zero-order chi connectivity index (χ0) is 29.4. The fourth-order valence-corrected chi connectivity index (χ4v) is 5.91. The highest BCUT2D eigenvalue weighted by atomic mass is 32.2. The van der Waals surface area contributed by atoms with Gasteiger partial charge in [-0.3, -0.25) is 13.9 Å². The van der Waals surface area contributed by atoms with Gasteiger partial charge < -0.3 is 10.2 Å². The average Bonchev–Trinajstić information content (AvgIpc) is 2.92. The van der Waals surface area contributed by atoms with Crippen LogP contribution in [0.15, 0.2) is 77.7 Å². The second-order valence-corrected chi connectivity index (χ2v) is 12.5. The Morgan fingerprint density at radius 1 is 0.875 bits per heavy atom. The molecule has 0 aliphatic carbocycles. The number of carbonyl (C=O) groups excluding carboxylic acids is 2. The highest BCUT2D eigenvalue weighted by Crippen LogP contribution is 2.26. The van der Waals surface area contributed by atoms with Crippen LogP contribution in [-0.2, 0) is 26.2 Å². The lowest BCUT2D eigenvalue weighted by molar-refractivity contribution is -0.140. The largest absolute Gasteiger partial charge is 0.354 e. The molecule has 3 aromatic carbocycles. The fraction of sp³-hybridized carbons (Fsp3) is 0.375. The zero-order valence-electron chi connectivity index (χ0n) is 24.3. The van der Waals surface area contributed by atoms with Crippen molar-refractivity contribution in [2.24, 2.45) is 5.92 Å². The monoisotopic (exact) mass is 563 g/mol. The number of nitrogens with one attached hydrogen (secondary N) is 1. The van der Waals surface area contributed by atoms with Gasteiger partial charge in [-0.1, -0.05) is 74.9 Å². The van der Waals surface area contributed by atoms with Crippen molar-refractivity contribution in [3.05, 3.63) is 95.1 Å². The number of carbonyl (C=O) groups is 2. The second-order valence-electron chi connectivity index (χ2n) is 10.7. The van der Waals surface area contributed by atoms with E-state index in [9.17, 15) is 18.0 Å². The standard InChI is InChI=1S/C32H41N3O4S/c1-7-30(32(37)33-20-23(2)3)34(21-27-13-11-12-24(4)18-27)31(36)22-35(28-17-16-25(5)26(6)19-28)40(38,39)29-14-9-8-10-15-29/h8-19,23,30H,7,20-22H2,1-6H3,(H,33,37)/t30-/m1/s1. The molecule has 7 nitrogen and oxygen atoms in total. The molecule has 40 heavy (non-hydrogen) atoms. The van der Waals surface area contributed by atoms with Crippen molar-refractivity contribution in [1.82, 2.24) is 10.2 Å². The molecule has 0 saturated carbocycles. The maximum atomic E-state index is 14.1. The summed E-state index contributed by atoms with van der Waals surface area (Å²) < 4.78 is 29.0. The van der Waals surface area contributed by atoms with Crippen LogP contribution >= 0.6 is 0 Å². The van der Waals surface area contributed by atoms with Crippen LogP contribution in [0, 0.1) is 26.7 Å². The van der Waals surface area contributed by atoms with Crippen molar-refractivity contribution < 1.29 is 18.0 Å². The van der Waals surface area contributed by atoms with E-state index in [1.807, 2.05) is 71.9 Å². The van der Waals surface area contributed by atoms with Crippen molar-refractivity contribution in [1.29, 1.82) is 0 Å². The Morgan fingerprint density at radius 2 is 1.57 bits per heavy atom. The third-order valence-electron chi connectivity index (χ3n) is 6.89. The molecule has 2 amide bonds. The molecule has 3 aromatic rings. The van der Waals surface area contributed by atoms with Crippen molar-refractivity contribution in [2.45, 2.75) is 65.4 Å². The Kier molecular flexibility index (Phi) is 10.5. The summed E-state index contributed by atoms with van der Waals surface area (Å²) >= 11 is 0. The first-order valence-corrected chi connectivity index (χ1v) is 15.2. The van der Waals surface area contributed by atoms with Gasteiger partial charge in [0.2, 0.25) is 11.8 Å². The number of hydrogen-bond donors (Lipinski definition) is 1. The first kappa shape index (κ1) is 30.9. The third kappa shape index (κ3) is 7.72. The van der Waals surface area contributed by atoms with E-state index in [0.29, 0.717) is 18.7 Å². The van der Waals surface area contributed by atoms with Crippen LogP contribution in [0.2, 0.25) is 0 Å². The highest BCUT2D eigenvalue weighted by molar-refractivity contribution is 7.92. The minimum Gasteiger partial charge on any atom is -0.354 e. The molecule has 1 N–H and O–H groups in total. The Morgan fingerprint density at radius 3 is 2.17 bits per heavy atom. The summed E-state index contributed by atoms with van der Waals surface area (Å²) in [5.74, 6) is -0.453. The van der Waals surface area contributed by atoms with E-state index in [0.717, 1.165) is 26.6 Å². The zero-order valence-corrected chi connectivity index (χ0v) is 25.2. The maximum Gasteiger partial charge on any atom is 0.264 e. The number of benzene rings is 3. The van der Waals surface area contributed by atoms with Gasteiger partial charge in [-0.2, -0.15) is 0 Å². The topological polar surface area (TPSA) is 86.8 Å². The summed E-state index contributed by atoms with van der Waals surface area (Å²) in [5.41, 5.74) is 4.22. The van der Waals surface area contributed by atoms with Crippen LogP contribution in [0.25, 0.3) is 0 Å². The minimum atomic E-state index is -4.08. The molecule has 0 saturated heterocycles. The number of anilines is 1. The van der Waals surface area contributed by atoms with Crippen molar-refractivity contribution in [2.75, 3.05) is 17.4 Å². The van der Waals surface area contributed by atoms with Gasteiger partial charge in [0.25, 0.3) is 10.0 Å². The SMILES string of the molecule is CC[C@H](C(=O)NCC(C)C)N(Cc1cccc(C)c1)C(=O)CN(c1ccc(C)c(C)c1)S(=O)(=O)c1ccccc1. The summed E-state index contributed by atoms with van der Waals surface area (Å²) in [6.45, 7) is 11.9. The molecule has 0 unspecified atom stereocenters. The first-order valence-electron chi connectivity index (χ1n) is 13.7. The number of rotatable bonds is 12. The summed E-state index contributed by atoms with van der Waals surface area (Å²) in [4.78, 5) is 29.0. The molecule has 0 radical (unpaired) electrons. The maximum absolute atomic E-state index is 14.1. The fourth-order valence-electron chi connectivity index (χ4n) is 4.48. The first-order chi connectivity index (χ1) is 18.9. The van der Waals surface area contributed by atoms with Crippen LogP contribution in [-0.4, -0.2) is 44.3 Å². The molecule has 3 rings (SSSR count). The van der Waals surface area contributed by atoms with Crippen LogP contribution in [0.3, 0.4) is 0 Å². The number of nitrogens with zero attached hydrogens (tertiary/aromatic N) is 2. The van der Waals surface area contributed by atoms with E-state index >= 15 is 0 Å². The van der Waals surface area contributed by atoms with E-state index in [-0.39, 0.29) is 23.3 Å². The van der Waals surface area contributed by atoms with Gasteiger partial charge in [-0.05, 0) is 74.1 Å². The predicted molar refractivity (Wildman–Crippen MR) is 161 cm³/mol. The lowest BCUT2D eigenvalue weighted by Crippen LogP contribution is -2.52. The van der Waals surface area contributed by atoms with Gasteiger partial charge in [0.1, 0.15) is 12.6 Å². The molecule has 0 aliphatic rings. The third-order valence-corrected chi connectivity index (χ3v) is 8.68. The van der Waals surface area contributed by atoms with Crippen LogP contribution in [0.1, 0.15) is 49.4 Å². The Bertz CT molecular complexity index is 1420. The Hall–Kier alpha value is -3.65. The van der Waals surface area contributed by atoms with Gasteiger partial charge in [0, 0.05) is 13.1 Å². The van der Waals surface area contributed by atoms with Gasteiger partial charge in [0.15, 0.2) is 0 Å². The van der Waals surface area contributed by atoms with E-state index < -0.39 is 28.5 Å². The molecule has 0 fully saturated rings. The lowest BCUT2D eigenvalue weighted by atomic mass is 10.1. The number of aryl methyl sites for hydroxylation is 3. The summed E-state index contributed by atoms with van der Waals surface area (Å²) in [6, 6.07) is 20.4. The van der Waals surface area contributed by atoms with Gasteiger partial charge in [-0.15, -0.1) is 0 Å². The molecule has 0 heterocycles. The molecule has 0 spiro atoms. The quantitative estimate of drug-likeness (QED) is 0.320. The van der Waals surface area contributed by atoms with Crippen LogP contribution < -0.4 is 9.62 Å². The molecule has 8 heteroatoms. The van der Waals surface area contributed by atoms with E-state index in [2.05, 4.69) is 5.32 Å². The van der Waals surface area contributed by atoms with Gasteiger partial charge in [-0.25, -0.2) is 8.42 Å². The average molecular weight is 564 g/mol. The molecule has 0 bridgehead atoms. The normalized spacial score (nSPS) is 12.2. The molecule has 214 valence electrons. The molecular formula is C32H41N3O4S. The predicted octanol–water partition coefficient (Wildman–Crippen LogP) is 5.39. The number of hydrogen-bond acceptors (Lipinski definition) is 4. The Balaban J connectivity index is 2.06. The van der Waals surface area contributed by atoms with Crippen molar-refractivity contribution >= 4 is 27.5 Å². The van der Waals surface area contributed by atoms with E-state index in [1.165, 1.54) is 17.0 Å². The second kappa shape index (κ2) is 13.6. The lowest BCUT2D eigenvalue weighted by Gasteiger charge is -2.33. The van der Waals surface area contributed by atoms with Crippen molar-refractivity contribution in [3.63, 3.8) is 0 Å². The summed E-state index contributed by atoms with van der Waals surface area (Å²) in [5, 5.41) is 2.96. The molecule has 0 aliphatic heterocycles. The van der Waals surface area contributed by atoms with E-state index in [1.54, 1.807) is 30.3 Å². The van der Waals surface area contributed by atoms with Gasteiger partial charge >= 0.3 is 0 Å². The van der Waals surface area contributed by atoms with Crippen LogP contribution in [0.5, 0.6) is 0 Å². The van der Waals surface area contributed by atoms with Crippen molar-refractivity contribution in [3.8, 4) is 0 Å². The molecule has 0 aromatic heterocycles. The summed E-state index contributed by atoms with van der Waals surface area (Å²) in [6.07, 6.45) is 0.385. The van der Waals surface area contributed by atoms with Gasteiger partial charge in [0.05, 0.1) is 10.6 Å².